The minimum Gasteiger partial charge on any atom is -0.387 e. The van der Waals surface area contributed by atoms with Crippen molar-refractivity contribution in [3.63, 3.8) is 0 Å². The van der Waals surface area contributed by atoms with Gasteiger partial charge in [0.05, 0.1) is 6.10 Å². The molecule has 1 aromatic rings. The highest BCUT2D eigenvalue weighted by Crippen LogP contribution is 2.16. The fraction of sp³-hybridized carbons (Fsp3) is 0.625. The highest BCUT2D eigenvalue weighted by Gasteiger charge is 2.17. The first-order chi connectivity index (χ1) is 9.68. The number of rotatable bonds is 6. The van der Waals surface area contributed by atoms with Crippen molar-refractivity contribution in [3.8, 4) is 0 Å². The summed E-state index contributed by atoms with van der Waals surface area (Å²) >= 11 is 0. The summed E-state index contributed by atoms with van der Waals surface area (Å²) < 4.78 is 13.5. The van der Waals surface area contributed by atoms with Crippen LogP contribution in [0.15, 0.2) is 24.3 Å². The quantitative estimate of drug-likeness (QED) is 0.839. The molecule has 0 spiro atoms. The molecule has 0 bridgehead atoms. The molecule has 1 aliphatic rings. The zero-order valence-corrected chi connectivity index (χ0v) is 12.2. The van der Waals surface area contributed by atoms with E-state index in [-0.39, 0.29) is 5.82 Å². The van der Waals surface area contributed by atoms with Crippen molar-refractivity contribution in [1.29, 1.82) is 0 Å². The normalized spacial score (nSPS) is 19.8. The van der Waals surface area contributed by atoms with Gasteiger partial charge in [-0.25, -0.2) is 4.39 Å². The molecule has 1 aliphatic heterocycles. The van der Waals surface area contributed by atoms with Gasteiger partial charge < -0.3 is 10.4 Å². The fourth-order valence-electron chi connectivity index (χ4n) is 2.77. The van der Waals surface area contributed by atoms with Crippen LogP contribution in [0.5, 0.6) is 0 Å². The first-order valence-corrected chi connectivity index (χ1v) is 7.55. The van der Waals surface area contributed by atoms with Crippen molar-refractivity contribution in [2.75, 3.05) is 26.2 Å². The maximum Gasteiger partial charge on any atom is 0.129 e. The number of benzene rings is 1. The summed E-state index contributed by atoms with van der Waals surface area (Å²) in [5, 5.41) is 13.3. The lowest BCUT2D eigenvalue weighted by Gasteiger charge is -2.32. The highest BCUT2D eigenvalue weighted by atomic mass is 19.1. The lowest BCUT2D eigenvalue weighted by Crippen LogP contribution is -2.43. The van der Waals surface area contributed by atoms with E-state index in [0.29, 0.717) is 18.2 Å². The molecule has 2 unspecified atom stereocenters. The number of likely N-dealkylation sites (tertiary alicyclic amines) is 1. The second kappa shape index (κ2) is 7.72. The SMILES string of the molecule is CC(CNCC(O)c1ccccc1F)N1CCCCC1. The first kappa shape index (κ1) is 15.4. The molecule has 4 heteroatoms. The number of aliphatic hydroxyl groups is 1. The number of piperidine rings is 1. The summed E-state index contributed by atoms with van der Waals surface area (Å²) in [6.07, 6.45) is 3.11. The van der Waals surface area contributed by atoms with Crippen molar-refractivity contribution in [2.24, 2.45) is 0 Å². The molecule has 2 N–H and O–H groups in total. The minimum atomic E-state index is -0.787. The van der Waals surface area contributed by atoms with Gasteiger partial charge in [0.2, 0.25) is 0 Å². The van der Waals surface area contributed by atoms with Crippen LogP contribution < -0.4 is 5.32 Å². The average Bonchev–Trinajstić information content (AvgIpc) is 2.48. The predicted octanol–water partition coefficient (Wildman–Crippen LogP) is 2.32. The number of nitrogens with one attached hydrogen (secondary N) is 1. The summed E-state index contributed by atoms with van der Waals surface area (Å²) in [5.41, 5.74) is 0.366. The van der Waals surface area contributed by atoms with Crippen LogP contribution in [0.25, 0.3) is 0 Å². The fourth-order valence-corrected chi connectivity index (χ4v) is 2.77. The van der Waals surface area contributed by atoms with Crippen LogP contribution in [0.2, 0.25) is 0 Å². The van der Waals surface area contributed by atoms with E-state index in [1.54, 1.807) is 18.2 Å². The van der Waals surface area contributed by atoms with Crippen molar-refractivity contribution < 1.29 is 9.50 Å². The molecule has 3 nitrogen and oxygen atoms in total. The van der Waals surface area contributed by atoms with Crippen molar-refractivity contribution >= 4 is 0 Å². The summed E-state index contributed by atoms with van der Waals surface area (Å²) in [6.45, 7) is 5.75. The molecular weight excluding hydrogens is 255 g/mol. The van der Waals surface area contributed by atoms with Crippen LogP contribution >= 0.6 is 0 Å². The Morgan fingerprint density at radius 3 is 2.60 bits per heavy atom. The van der Waals surface area contributed by atoms with Crippen LogP contribution in [-0.2, 0) is 0 Å². The molecule has 1 aromatic carbocycles. The van der Waals surface area contributed by atoms with Gasteiger partial charge in [-0.3, -0.25) is 4.90 Å². The third kappa shape index (κ3) is 4.27. The highest BCUT2D eigenvalue weighted by molar-refractivity contribution is 5.19. The smallest absolute Gasteiger partial charge is 0.129 e. The third-order valence-corrected chi connectivity index (χ3v) is 4.06. The molecule has 2 atom stereocenters. The van der Waals surface area contributed by atoms with Crippen LogP contribution in [0.1, 0.15) is 37.9 Å². The molecule has 0 aliphatic carbocycles. The summed E-state index contributed by atoms with van der Waals surface area (Å²) in [5.74, 6) is -0.342. The Balaban J connectivity index is 1.73. The molecule has 0 saturated carbocycles. The Bertz CT molecular complexity index is 407. The molecule has 0 amide bonds. The van der Waals surface area contributed by atoms with E-state index in [2.05, 4.69) is 17.1 Å². The van der Waals surface area contributed by atoms with E-state index in [1.807, 2.05) is 0 Å². The molecule has 2 rings (SSSR count). The number of hydrogen-bond acceptors (Lipinski definition) is 3. The van der Waals surface area contributed by atoms with E-state index in [1.165, 1.54) is 38.4 Å². The van der Waals surface area contributed by atoms with Crippen LogP contribution in [0.3, 0.4) is 0 Å². The molecule has 1 fully saturated rings. The number of hydrogen-bond donors (Lipinski definition) is 2. The lowest BCUT2D eigenvalue weighted by molar-refractivity contribution is 0.149. The maximum atomic E-state index is 13.5. The van der Waals surface area contributed by atoms with Crippen molar-refractivity contribution in [2.45, 2.75) is 38.3 Å². The lowest BCUT2D eigenvalue weighted by atomic mass is 10.1. The van der Waals surface area contributed by atoms with Gasteiger partial charge in [-0.1, -0.05) is 24.6 Å². The minimum absolute atomic E-state index is 0.342. The van der Waals surface area contributed by atoms with Crippen molar-refractivity contribution in [1.82, 2.24) is 10.2 Å². The molecular formula is C16H25FN2O. The van der Waals surface area contributed by atoms with Gasteiger partial charge in [-0.05, 0) is 38.9 Å². The molecule has 1 saturated heterocycles. The molecule has 112 valence electrons. The van der Waals surface area contributed by atoms with E-state index >= 15 is 0 Å². The second-order valence-electron chi connectivity index (χ2n) is 5.64. The Kier molecular flexibility index (Phi) is 5.95. The zero-order valence-electron chi connectivity index (χ0n) is 12.2. The topological polar surface area (TPSA) is 35.5 Å². The van der Waals surface area contributed by atoms with Gasteiger partial charge in [0.25, 0.3) is 0 Å². The molecule has 0 aromatic heterocycles. The molecule has 0 radical (unpaired) electrons. The standard InChI is InChI=1S/C16H25FN2O/c1-13(19-9-5-2-6-10-19)11-18-12-16(20)14-7-3-4-8-15(14)17/h3-4,7-8,13,16,18,20H,2,5-6,9-12H2,1H3. The second-order valence-corrected chi connectivity index (χ2v) is 5.64. The van der Waals surface area contributed by atoms with Gasteiger partial charge in [-0.2, -0.15) is 0 Å². The van der Waals surface area contributed by atoms with E-state index < -0.39 is 6.10 Å². The Morgan fingerprint density at radius 2 is 1.90 bits per heavy atom. The van der Waals surface area contributed by atoms with Gasteiger partial charge in [0.1, 0.15) is 5.82 Å². The Morgan fingerprint density at radius 1 is 1.20 bits per heavy atom. The van der Waals surface area contributed by atoms with Crippen LogP contribution in [0, 0.1) is 5.82 Å². The maximum absolute atomic E-state index is 13.5. The Hall–Kier alpha value is -0.970. The number of aliphatic hydroxyl groups excluding tert-OH is 1. The summed E-state index contributed by atoms with van der Waals surface area (Å²) in [4.78, 5) is 2.48. The van der Waals surface area contributed by atoms with E-state index in [0.717, 1.165) is 6.54 Å². The monoisotopic (exact) mass is 280 g/mol. The summed E-state index contributed by atoms with van der Waals surface area (Å²) in [6, 6.07) is 6.86. The largest absolute Gasteiger partial charge is 0.387 e. The third-order valence-electron chi connectivity index (χ3n) is 4.06. The van der Waals surface area contributed by atoms with Crippen molar-refractivity contribution in [3.05, 3.63) is 35.6 Å². The Labute approximate surface area is 120 Å². The van der Waals surface area contributed by atoms with Gasteiger partial charge in [0, 0.05) is 24.7 Å². The predicted molar refractivity (Wildman–Crippen MR) is 79.1 cm³/mol. The molecule has 20 heavy (non-hydrogen) atoms. The van der Waals surface area contributed by atoms with Gasteiger partial charge in [-0.15, -0.1) is 0 Å². The first-order valence-electron chi connectivity index (χ1n) is 7.55. The average molecular weight is 280 g/mol. The number of nitrogens with zero attached hydrogens (tertiary/aromatic N) is 1. The molecule has 1 heterocycles. The van der Waals surface area contributed by atoms with E-state index in [9.17, 15) is 9.50 Å². The summed E-state index contributed by atoms with van der Waals surface area (Å²) in [7, 11) is 0. The van der Waals surface area contributed by atoms with E-state index in [4.69, 9.17) is 0 Å². The number of halogens is 1. The van der Waals surface area contributed by atoms with Crippen LogP contribution in [0.4, 0.5) is 4.39 Å². The van der Waals surface area contributed by atoms with Crippen LogP contribution in [-0.4, -0.2) is 42.2 Å². The van der Waals surface area contributed by atoms with Gasteiger partial charge >= 0.3 is 0 Å². The zero-order chi connectivity index (χ0) is 14.4. The van der Waals surface area contributed by atoms with Gasteiger partial charge in [0.15, 0.2) is 0 Å².